The Morgan fingerprint density at radius 2 is 1.83 bits per heavy atom. The summed E-state index contributed by atoms with van der Waals surface area (Å²) in [6.45, 7) is 9.01. The van der Waals surface area contributed by atoms with Crippen molar-refractivity contribution in [2.45, 2.75) is 69.5 Å². The zero-order chi connectivity index (χ0) is 22.2. The van der Waals surface area contributed by atoms with Crippen molar-refractivity contribution in [2.75, 3.05) is 18.8 Å². The number of hydrogen-bond donors (Lipinski definition) is 1. The normalized spacial score (nSPS) is 17.0. The largest absolute Gasteiger partial charge is 0.389 e. The molecule has 30 heavy (non-hydrogen) atoms. The van der Waals surface area contributed by atoms with E-state index in [9.17, 15) is 21.6 Å². The van der Waals surface area contributed by atoms with Crippen LogP contribution in [-0.2, 0) is 21.8 Å². The lowest BCUT2D eigenvalue weighted by Crippen LogP contribution is -2.31. The number of piperidine rings is 1. The van der Waals surface area contributed by atoms with Crippen molar-refractivity contribution in [1.29, 1.82) is 0 Å². The van der Waals surface area contributed by atoms with Gasteiger partial charge in [-0.05, 0) is 56.5 Å². The van der Waals surface area contributed by atoms with Crippen molar-refractivity contribution in [3.8, 4) is 0 Å². The Bertz CT molecular complexity index is 985. The number of aromatic nitrogens is 2. The lowest BCUT2D eigenvalue weighted by atomic mass is 9.94. The van der Waals surface area contributed by atoms with Gasteiger partial charge in [-0.2, -0.15) is 13.2 Å². The molecule has 2 aromatic rings. The Morgan fingerprint density at radius 1 is 1.17 bits per heavy atom. The molecule has 0 spiro atoms. The Kier molecular flexibility index (Phi) is 6.53. The summed E-state index contributed by atoms with van der Waals surface area (Å²) in [5, 5.41) is 3.36. The van der Waals surface area contributed by atoms with Gasteiger partial charge in [0.25, 0.3) is 0 Å². The summed E-state index contributed by atoms with van der Waals surface area (Å²) in [6, 6.07) is 4.75. The third-order valence-electron chi connectivity index (χ3n) is 5.52. The minimum Gasteiger partial charge on any atom is -0.327 e. The lowest BCUT2D eigenvalue weighted by molar-refractivity contribution is -0.134. The molecule has 1 N–H and O–H groups in total. The van der Waals surface area contributed by atoms with Gasteiger partial charge >= 0.3 is 6.18 Å². The van der Waals surface area contributed by atoms with Crippen LogP contribution in [0.1, 0.15) is 52.3 Å². The van der Waals surface area contributed by atoms with E-state index in [1.54, 1.807) is 6.07 Å². The van der Waals surface area contributed by atoms with Gasteiger partial charge in [-0.25, -0.2) is 13.4 Å². The smallest absolute Gasteiger partial charge is 0.327 e. The first-order valence-corrected chi connectivity index (χ1v) is 12.0. The van der Waals surface area contributed by atoms with E-state index in [1.165, 1.54) is 12.1 Å². The minimum absolute atomic E-state index is 0.0316. The molecule has 0 aliphatic carbocycles. The van der Waals surface area contributed by atoms with Crippen LogP contribution in [0.2, 0.25) is 0 Å². The maximum Gasteiger partial charge on any atom is 0.389 e. The van der Waals surface area contributed by atoms with Crippen molar-refractivity contribution in [3.63, 3.8) is 0 Å². The van der Waals surface area contributed by atoms with Crippen LogP contribution in [0.5, 0.6) is 0 Å². The fourth-order valence-corrected chi connectivity index (χ4v) is 5.29. The van der Waals surface area contributed by atoms with Gasteiger partial charge in [0.2, 0.25) is 0 Å². The fraction of sp³-hybridized carbons (Fsp3) is 0.667. The molecule has 1 saturated heterocycles. The highest BCUT2D eigenvalue weighted by Crippen LogP contribution is 2.30. The molecule has 1 aromatic heterocycles. The van der Waals surface area contributed by atoms with E-state index in [4.69, 9.17) is 4.98 Å². The van der Waals surface area contributed by atoms with Gasteiger partial charge in [0, 0.05) is 18.4 Å². The van der Waals surface area contributed by atoms with Crippen LogP contribution in [0.3, 0.4) is 0 Å². The second kappa shape index (κ2) is 8.49. The van der Waals surface area contributed by atoms with Gasteiger partial charge < -0.3 is 9.88 Å². The Labute approximate surface area is 176 Å². The van der Waals surface area contributed by atoms with Crippen molar-refractivity contribution in [2.24, 2.45) is 5.92 Å². The number of fused-ring (bicyclic) bond motifs is 1. The van der Waals surface area contributed by atoms with Gasteiger partial charge in [-0.1, -0.05) is 20.8 Å². The molecule has 0 saturated carbocycles. The Morgan fingerprint density at radius 3 is 2.43 bits per heavy atom. The molecule has 1 aromatic carbocycles. The maximum atomic E-state index is 12.6. The van der Waals surface area contributed by atoms with Crippen LogP contribution in [0.15, 0.2) is 23.1 Å². The van der Waals surface area contributed by atoms with Crippen molar-refractivity contribution < 1.29 is 21.6 Å². The summed E-state index contributed by atoms with van der Waals surface area (Å²) in [7, 11) is -3.80. The maximum absolute atomic E-state index is 12.6. The zero-order valence-corrected chi connectivity index (χ0v) is 18.5. The molecule has 0 amide bonds. The van der Waals surface area contributed by atoms with Gasteiger partial charge in [-0.15, -0.1) is 0 Å². The first-order chi connectivity index (χ1) is 13.9. The highest BCUT2D eigenvalue weighted by molar-refractivity contribution is 7.91. The van der Waals surface area contributed by atoms with Crippen LogP contribution in [0.4, 0.5) is 13.2 Å². The highest BCUT2D eigenvalue weighted by atomic mass is 32.2. The molecule has 1 aliphatic rings. The third kappa shape index (κ3) is 5.55. The van der Waals surface area contributed by atoms with Crippen LogP contribution >= 0.6 is 0 Å². The summed E-state index contributed by atoms with van der Waals surface area (Å²) in [5.41, 5.74) is 1.22. The molecule has 5 nitrogen and oxygen atoms in total. The molecule has 9 heteroatoms. The van der Waals surface area contributed by atoms with Crippen molar-refractivity contribution in [3.05, 3.63) is 24.0 Å². The highest BCUT2D eigenvalue weighted by Gasteiger charge is 2.29. The number of alkyl halides is 3. The monoisotopic (exact) mass is 445 g/mol. The number of sulfone groups is 1. The van der Waals surface area contributed by atoms with E-state index in [0.29, 0.717) is 11.4 Å². The van der Waals surface area contributed by atoms with Gasteiger partial charge in [0.1, 0.15) is 5.82 Å². The molecular formula is C21H30F3N3O2S. The van der Waals surface area contributed by atoms with Gasteiger partial charge in [-0.3, -0.25) is 0 Å². The van der Waals surface area contributed by atoms with Crippen LogP contribution in [0.25, 0.3) is 11.0 Å². The standard InChI is InChI=1S/C21H30F3N3O2S/c1-20(2,3)19-26-17-13-16(30(28,29)12-4-9-21(22,23)24)5-6-18(17)27(19)14-15-7-10-25-11-8-15/h5-6,13,15,25H,4,7-12,14H2,1-3H3. The van der Waals surface area contributed by atoms with E-state index in [-0.39, 0.29) is 10.3 Å². The number of rotatable bonds is 6. The van der Waals surface area contributed by atoms with Crippen LogP contribution in [0, 0.1) is 5.92 Å². The van der Waals surface area contributed by atoms with E-state index >= 15 is 0 Å². The SMILES string of the molecule is CC(C)(C)c1nc2cc(S(=O)(=O)CCCC(F)(F)F)ccc2n1CC1CCNCC1. The number of imidazole rings is 1. The second-order valence-electron chi connectivity index (χ2n) is 9.18. The number of halogens is 3. The van der Waals surface area contributed by atoms with E-state index < -0.39 is 34.6 Å². The molecule has 3 rings (SSSR count). The number of nitrogens with one attached hydrogen (secondary N) is 1. The number of nitrogens with zero attached hydrogens (tertiary/aromatic N) is 2. The average molecular weight is 446 g/mol. The number of benzene rings is 1. The first-order valence-electron chi connectivity index (χ1n) is 10.4. The van der Waals surface area contributed by atoms with Crippen molar-refractivity contribution >= 4 is 20.9 Å². The Hall–Kier alpha value is -1.61. The van der Waals surface area contributed by atoms with Crippen LogP contribution < -0.4 is 5.32 Å². The average Bonchev–Trinajstić information content (AvgIpc) is 2.99. The topological polar surface area (TPSA) is 64.0 Å². The summed E-state index contributed by atoms with van der Waals surface area (Å²) >= 11 is 0. The minimum atomic E-state index is -4.35. The summed E-state index contributed by atoms with van der Waals surface area (Å²) < 4.78 is 64.4. The quantitative estimate of drug-likeness (QED) is 0.714. The van der Waals surface area contributed by atoms with Crippen molar-refractivity contribution in [1.82, 2.24) is 14.9 Å². The van der Waals surface area contributed by atoms with Crippen LogP contribution in [-0.4, -0.2) is 43.0 Å². The molecular weight excluding hydrogens is 415 g/mol. The van der Waals surface area contributed by atoms with E-state index in [1.807, 2.05) is 0 Å². The van der Waals surface area contributed by atoms with E-state index in [2.05, 4.69) is 30.7 Å². The van der Waals surface area contributed by atoms with Gasteiger partial charge in [0.15, 0.2) is 9.84 Å². The first kappa shape index (κ1) is 23.1. The molecule has 1 fully saturated rings. The molecule has 1 aliphatic heterocycles. The van der Waals surface area contributed by atoms with E-state index in [0.717, 1.165) is 43.8 Å². The molecule has 0 unspecified atom stereocenters. The zero-order valence-electron chi connectivity index (χ0n) is 17.7. The number of hydrogen-bond acceptors (Lipinski definition) is 4. The predicted octanol–water partition coefficient (Wildman–Crippen LogP) is 4.45. The van der Waals surface area contributed by atoms with Gasteiger partial charge in [0.05, 0.1) is 21.7 Å². The lowest BCUT2D eigenvalue weighted by Gasteiger charge is -2.26. The summed E-state index contributed by atoms with van der Waals surface area (Å²) in [6.07, 6.45) is -3.74. The molecule has 0 radical (unpaired) electrons. The summed E-state index contributed by atoms with van der Waals surface area (Å²) in [4.78, 5) is 4.78. The summed E-state index contributed by atoms with van der Waals surface area (Å²) in [5.74, 6) is 0.887. The predicted molar refractivity (Wildman–Crippen MR) is 111 cm³/mol. The molecule has 2 heterocycles. The Balaban J connectivity index is 1.92. The molecule has 0 bridgehead atoms. The second-order valence-corrected chi connectivity index (χ2v) is 11.3. The fourth-order valence-electron chi connectivity index (χ4n) is 3.96. The molecule has 0 atom stereocenters. The molecule has 168 valence electrons. The third-order valence-corrected chi connectivity index (χ3v) is 7.32.